The zero-order valence-electron chi connectivity index (χ0n) is 16.6. The van der Waals surface area contributed by atoms with E-state index in [0.717, 1.165) is 49.9 Å². The van der Waals surface area contributed by atoms with Crippen molar-refractivity contribution >= 4 is 23.5 Å². The van der Waals surface area contributed by atoms with Gasteiger partial charge in [0, 0.05) is 31.8 Å². The van der Waals surface area contributed by atoms with Crippen LogP contribution in [0, 0.1) is 6.92 Å². The first kappa shape index (κ1) is 20.4. The number of hydrogen-bond donors (Lipinski definition) is 0. The third kappa shape index (κ3) is 3.82. The molecule has 4 rings (SSSR count). The minimum atomic E-state index is -0.212. The maximum absolute atomic E-state index is 12.4. The fraction of sp³-hybridized carbons (Fsp3) is 0.667. The molecule has 2 fully saturated rings. The molecule has 1 aliphatic carbocycles. The van der Waals surface area contributed by atoms with Gasteiger partial charge in [-0.25, -0.2) is 4.79 Å². The summed E-state index contributed by atoms with van der Waals surface area (Å²) in [5.41, 5.74) is 3.08. The van der Waals surface area contributed by atoms with E-state index in [1.807, 2.05) is 23.8 Å². The molecule has 6 heteroatoms. The van der Waals surface area contributed by atoms with E-state index in [1.165, 1.54) is 12.8 Å². The van der Waals surface area contributed by atoms with Crippen molar-refractivity contribution < 1.29 is 9.15 Å². The summed E-state index contributed by atoms with van der Waals surface area (Å²) in [6, 6.07) is 6.21. The van der Waals surface area contributed by atoms with E-state index in [2.05, 4.69) is 24.8 Å². The summed E-state index contributed by atoms with van der Waals surface area (Å²) in [5.74, 6) is -0.212. The second-order valence-corrected chi connectivity index (χ2v) is 8.36. The first-order valence-corrected chi connectivity index (χ1v) is 9.90. The number of ether oxygens (including phenoxy) is 1. The number of halogens is 1. The summed E-state index contributed by atoms with van der Waals surface area (Å²) in [7, 11) is 1.83. The highest BCUT2D eigenvalue weighted by Crippen LogP contribution is 2.37. The van der Waals surface area contributed by atoms with Crippen LogP contribution in [-0.4, -0.2) is 41.3 Å². The molecule has 1 saturated heterocycles. The van der Waals surface area contributed by atoms with Gasteiger partial charge in [0.25, 0.3) is 0 Å². The standard InChI is InChI=1S/C21H30N2O3.ClH/c1-15-4-5-19-18(14-15)23(20(24)26-19)16-8-12-22(13-9-16)21(2)10-6-17(25-3)7-11-21;/h4-5,14,16-17H,6-13H2,1-3H3;1H/t17-,21-;. The maximum Gasteiger partial charge on any atom is 0.420 e. The monoisotopic (exact) mass is 394 g/mol. The molecular weight excluding hydrogens is 364 g/mol. The minimum absolute atomic E-state index is 0. The van der Waals surface area contributed by atoms with Crippen molar-refractivity contribution in [3.8, 4) is 0 Å². The van der Waals surface area contributed by atoms with Gasteiger partial charge in [-0.1, -0.05) is 6.07 Å². The van der Waals surface area contributed by atoms with Crippen molar-refractivity contribution in [3.63, 3.8) is 0 Å². The van der Waals surface area contributed by atoms with Crippen molar-refractivity contribution in [1.29, 1.82) is 0 Å². The number of rotatable bonds is 3. The highest BCUT2D eigenvalue weighted by Gasteiger charge is 2.38. The Morgan fingerprint density at radius 1 is 1.15 bits per heavy atom. The Morgan fingerprint density at radius 2 is 1.81 bits per heavy atom. The Morgan fingerprint density at radius 3 is 2.44 bits per heavy atom. The molecule has 5 nitrogen and oxygen atoms in total. The van der Waals surface area contributed by atoms with E-state index in [9.17, 15) is 4.79 Å². The molecule has 0 spiro atoms. The molecule has 0 atom stereocenters. The highest BCUT2D eigenvalue weighted by atomic mass is 35.5. The zero-order valence-corrected chi connectivity index (χ0v) is 17.4. The van der Waals surface area contributed by atoms with Crippen LogP contribution in [-0.2, 0) is 4.74 Å². The predicted molar refractivity (Wildman–Crippen MR) is 110 cm³/mol. The van der Waals surface area contributed by atoms with Crippen LogP contribution in [0.3, 0.4) is 0 Å². The summed E-state index contributed by atoms with van der Waals surface area (Å²) < 4.78 is 12.9. The van der Waals surface area contributed by atoms with E-state index in [1.54, 1.807) is 0 Å². The highest BCUT2D eigenvalue weighted by molar-refractivity contribution is 5.85. The Labute approximate surface area is 167 Å². The van der Waals surface area contributed by atoms with Crippen LogP contribution in [0.15, 0.2) is 27.4 Å². The van der Waals surface area contributed by atoms with E-state index >= 15 is 0 Å². The predicted octanol–water partition coefficient (Wildman–Crippen LogP) is 4.31. The van der Waals surface area contributed by atoms with Crippen molar-refractivity contribution in [2.24, 2.45) is 0 Å². The summed E-state index contributed by atoms with van der Waals surface area (Å²) in [6.07, 6.45) is 7.14. The van der Waals surface area contributed by atoms with Gasteiger partial charge >= 0.3 is 5.76 Å². The second-order valence-electron chi connectivity index (χ2n) is 8.36. The molecule has 27 heavy (non-hydrogen) atoms. The van der Waals surface area contributed by atoms with Crippen LogP contribution in [0.25, 0.3) is 11.1 Å². The second kappa shape index (κ2) is 7.98. The van der Waals surface area contributed by atoms with Crippen LogP contribution in [0.2, 0.25) is 0 Å². The van der Waals surface area contributed by atoms with Crippen molar-refractivity contribution in [2.75, 3.05) is 20.2 Å². The first-order chi connectivity index (χ1) is 12.5. The lowest BCUT2D eigenvalue weighted by Gasteiger charge is -2.48. The number of piperidine rings is 1. The lowest BCUT2D eigenvalue weighted by Crippen LogP contribution is -2.52. The van der Waals surface area contributed by atoms with E-state index < -0.39 is 0 Å². The van der Waals surface area contributed by atoms with Crippen LogP contribution < -0.4 is 5.76 Å². The summed E-state index contributed by atoms with van der Waals surface area (Å²) in [6.45, 7) is 6.55. The van der Waals surface area contributed by atoms with Crippen LogP contribution >= 0.6 is 12.4 Å². The number of fused-ring (bicyclic) bond motifs is 1. The van der Waals surface area contributed by atoms with Gasteiger partial charge < -0.3 is 9.15 Å². The first-order valence-electron chi connectivity index (χ1n) is 9.90. The van der Waals surface area contributed by atoms with Gasteiger partial charge in [-0.15, -0.1) is 12.4 Å². The third-order valence-electron chi connectivity index (χ3n) is 6.70. The molecule has 0 amide bonds. The molecule has 0 unspecified atom stereocenters. The van der Waals surface area contributed by atoms with E-state index in [0.29, 0.717) is 11.7 Å². The lowest BCUT2D eigenvalue weighted by atomic mass is 9.79. The number of oxazole rings is 1. The normalized spacial score (nSPS) is 27.6. The van der Waals surface area contributed by atoms with Crippen LogP contribution in [0.4, 0.5) is 0 Å². The molecule has 0 bridgehead atoms. The molecule has 2 aliphatic rings. The average molecular weight is 395 g/mol. The van der Waals surface area contributed by atoms with Gasteiger partial charge in [0.1, 0.15) is 0 Å². The number of methoxy groups -OCH3 is 1. The van der Waals surface area contributed by atoms with Gasteiger partial charge in [0.05, 0.1) is 11.6 Å². The topological polar surface area (TPSA) is 47.6 Å². The van der Waals surface area contributed by atoms with Gasteiger partial charge in [-0.2, -0.15) is 0 Å². The Bertz CT molecular complexity index is 828. The van der Waals surface area contributed by atoms with Gasteiger partial charge in [-0.05, 0) is 70.1 Å². The fourth-order valence-electron chi connectivity index (χ4n) is 4.92. The van der Waals surface area contributed by atoms with Crippen molar-refractivity contribution in [3.05, 3.63) is 34.3 Å². The van der Waals surface area contributed by atoms with E-state index in [-0.39, 0.29) is 29.7 Å². The molecule has 2 aromatic rings. The molecule has 150 valence electrons. The molecule has 1 aromatic carbocycles. The third-order valence-corrected chi connectivity index (χ3v) is 6.70. The SMILES string of the molecule is CO[C@H]1CC[C@](C)(N2CCC(n3c(=O)oc4ccc(C)cc43)CC2)CC1.Cl. The summed E-state index contributed by atoms with van der Waals surface area (Å²) in [4.78, 5) is 15.1. The smallest absolute Gasteiger partial charge is 0.408 e. The molecule has 0 N–H and O–H groups in total. The van der Waals surface area contributed by atoms with Crippen molar-refractivity contribution in [2.45, 2.75) is 70.1 Å². The average Bonchev–Trinajstić information content (AvgIpc) is 2.97. The van der Waals surface area contributed by atoms with Crippen LogP contribution in [0.5, 0.6) is 0 Å². The Kier molecular flexibility index (Phi) is 6.04. The summed E-state index contributed by atoms with van der Waals surface area (Å²) in [5, 5.41) is 0. The molecule has 1 saturated carbocycles. The van der Waals surface area contributed by atoms with Gasteiger partial charge in [-0.3, -0.25) is 9.47 Å². The molecule has 0 radical (unpaired) electrons. The zero-order chi connectivity index (χ0) is 18.3. The number of nitrogens with zero attached hydrogens (tertiary/aromatic N) is 2. The molecule has 1 aliphatic heterocycles. The quantitative estimate of drug-likeness (QED) is 0.778. The Hall–Kier alpha value is -1.30. The fourth-order valence-corrected chi connectivity index (χ4v) is 4.92. The molecule has 1 aromatic heterocycles. The van der Waals surface area contributed by atoms with E-state index in [4.69, 9.17) is 9.15 Å². The van der Waals surface area contributed by atoms with Gasteiger partial charge in [0.15, 0.2) is 5.58 Å². The number of likely N-dealkylation sites (tertiary alicyclic amines) is 1. The number of aryl methyl sites for hydroxylation is 1. The number of aromatic nitrogens is 1. The summed E-state index contributed by atoms with van der Waals surface area (Å²) >= 11 is 0. The molecular formula is C21H31ClN2O3. The maximum atomic E-state index is 12.4. The number of benzene rings is 1. The van der Waals surface area contributed by atoms with Crippen molar-refractivity contribution in [1.82, 2.24) is 9.47 Å². The number of hydrogen-bond acceptors (Lipinski definition) is 4. The molecule has 2 heterocycles. The van der Waals surface area contributed by atoms with Crippen LogP contribution in [0.1, 0.15) is 57.1 Å². The Balaban J connectivity index is 0.00000210. The largest absolute Gasteiger partial charge is 0.420 e. The van der Waals surface area contributed by atoms with Gasteiger partial charge in [0.2, 0.25) is 0 Å². The lowest BCUT2D eigenvalue weighted by molar-refractivity contribution is -0.0147. The minimum Gasteiger partial charge on any atom is -0.408 e.